The summed E-state index contributed by atoms with van der Waals surface area (Å²) in [5, 5.41) is 7.24. The van der Waals surface area contributed by atoms with Crippen LogP contribution in [0.2, 0.25) is 0 Å². The summed E-state index contributed by atoms with van der Waals surface area (Å²) < 4.78 is 30.2. The molecule has 1 amide bonds. The highest BCUT2D eigenvalue weighted by molar-refractivity contribution is 9.10. The lowest BCUT2D eigenvalue weighted by molar-refractivity contribution is 0.0942. The van der Waals surface area contributed by atoms with Crippen LogP contribution in [0, 0.1) is 11.6 Å². The summed E-state index contributed by atoms with van der Waals surface area (Å²) in [6, 6.07) is 5.38. The van der Waals surface area contributed by atoms with Crippen LogP contribution in [-0.2, 0) is 19.4 Å². The first-order chi connectivity index (χ1) is 14.0. The predicted octanol–water partition coefficient (Wildman–Crippen LogP) is 3.90. The van der Waals surface area contributed by atoms with Gasteiger partial charge in [0.25, 0.3) is 5.91 Å². The third-order valence-corrected chi connectivity index (χ3v) is 6.75. The number of hydrogen-bond acceptors (Lipinski definition) is 4. The van der Waals surface area contributed by atoms with Gasteiger partial charge in [-0.15, -0.1) is 11.3 Å². The molecule has 3 aromatic rings. The molecular weight excluding hydrogens is 462 g/mol. The number of thiophene rings is 1. The van der Waals surface area contributed by atoms with Crippen molar-refractivity contribution in [3.05, 3.63) is 61.9 Å². The van der Waals surface area contributed by atoms with E-state index in [1.54, 1.807) is 6.20 Å². The van der Waals surface area contributed by atoms with Crippen molar-refractivity contribution in [2.45, 2.75) is 31.8 Å². The average molecular weight is 481 g/mol. The number of aromatic nitrogens is 2. The Morgan fingerprint density at radius 3 is 3.03 bits per heavy atom. The van der Waals surface area contributed by atoms with Crippen molar-refractivity contribution >= 4 is 33.2 Å². The van der Waals surface area contributed by atoms with Gasteiger partial charge in [-0.25, -0.2) is 8.78 Å². The number of nitrogens with zero attached hydrogens (tertiary/aromatic N) is 2. The molecule has 3 heterocycles. The fraction of sp³-hybridized carbons (Fsp3) is 0.300. The molecule has 0 saturated carbocycles. The van der Waals surface area contributed by atoms with Crippen LogP contribution in [0.1, 0.15) is 26.5 Å². The molecule has 0 aliphatic carbocycles. The molecule has 152 valence electrons. The molecule has 0 fully saturated rings. The lowest BCUT2D eigenvalue weighted by atomic mass is 10.0. The van der Waals surface area contributed by atoms with E-state index in [1.807, 2.05) is 10.7 Å². The Morgan fingerprint density at radius 2 is 2.24 bits per heavy atom. The topological polar surface area (TPSA) is 72.9 Å². The van der Waals surface area contributed by atoms with Crippen LogP contribution in [0.5, 0.6) is 0 Å². The van der Waals surface area contributed by atoms with E-state index in [4.69, 9.17) is 5.73 Å². The number of carbonyl (C=O) groups is 1. The number of fused-ring (bicyclic) bond motifs is 3. The molecule has 0 radical (unpaired) electrons. The highest BCUT2D eigenvalue weighted by Gasteiger charge is 2.24. The van der Waals surface area contributed by atoms with E-state index in [0.717, 1.165) is 46.1 Å². The third kappa shape index (κ3) is 3.99. The van der Waals surface area contributed by atoms with Gasteiger partial charge in [0.1, 0.15) is 0 Å². The van der Waals surface area contributed by atoms with Gasteiger partial charge in [-0.3, -0.25) is 9.48 Å². The Morgan fingerprint density at radius 1 is 1.41 bits per heavy atom. The number of nitrogens with two attached hydrogens (primary N) is 1. The number of nitrogens with one attached hydrogen (secondary N) is 1. The molecule has 1 aliphatic rings. The average Bonchev–Trinajstić information content (AvgIpc) is 3.23. The van der Waals surface area contributed by atoms with Gasteiger partial charge in [0.15, 0.2) is 11.6 Å². The Labute approximate surface area is 179 Å². The minimum Gasteiger partial charge on any atom is -0.347 e. The molecule has 0 saturated heterocycles. The van der Waals surface area contributed by atoms with Gasteiger partial charge in [0, 0.05) is 29.6 Å². The van der Waals surface area contributed by atoms with Crippen LogP contribution in [0.3, 0.4) is 0 Å². The summed E-state index contributed by atoms with van der Waals surface area (Å²) in [6.45, 7) is 0.948. The van der Waals surface area contributed by atoms with Crippen molar-refractivity contribution in [1.29, 1.82) is 0 Å². The second kappa shape index (κ2) is 8.33. The Hall–Kier alpha value is -2.10. The van der Waals surface area contributed by atoms with Crippen LogP contribution in [0.25, 0.3) is 11.3 Å². The zero-order valence-corrected chi connectivity index (χ0v) is 17.8. The van der Waals surface area contributed by atoms with E-state index in [2.05, 4.69) is 26.3 Å². The minimum atomic E-state index is -0.909. The van der Waals surface area contributed by atoms with Crippen LogP contribution in [0.4, 0.5) is 8.78 Å². The number of benzene rings is 1. The zero-order valence-electron chi connectivity index (χ0n) is 15.4. The Balaban J connectivity index is 1.55. The van der Waals surface area contributed by atoms with E-state index in [1.165, 1.54) is 23.5 Å². The third-order valence-electron chi connectivity index (χ3n) is 4.97. The number of carbonyl (C=O) groups excluding carboxylic acids is 1. The lowest BCUT2D eigenvalue weighted by Crippen LogP contribution is -2.41. The van der Waals surface area contributed by atoms with Crippen molar-refractivity contribution in [2.24, 2.45) is 5.73 Å². The maximum Gasteiger partial charge on any atom is 0.261 e. The quantitative estimate of drug-likeness (QED) is 0.581. The molecule has 1 aromatic carbocycles. The normalized spacial score (nSPS) is 14.1. The standard InChI is InChI=1S/C20H19BrF2N4OS/c21-14-10-25-27-6-2-5-16-13(19(14)27)8-17(29-16)20(28)26-12(9-24)7-11-3-1-4-15(22)18(11)23/h1,3-4,8,10,12H,2,5-7,9,24H2,(H,26,28)/t12-/m0/s1. The van der Waals surface area contributed by atoms with Gasteiger partial charge < -0.3 is 11.1 Å². The second-order valence-corrected chi connectivity index (χ2v) is 8.93. The first kappa shape index (κ1) is 20.2. The molecule has 1 aliphatic heterocycles. The largest absolute Gasteiger partial charge is 0.347 e. The number of halogens is 3. The summed E-state index contributed by atoms with van der Waals surface area (Å²) >= 11 is 4.99. The summed E-state index contributed by atoms with van der Waals surface area (Å²) in [5.74, 6) is -2.08. The van der Waals surface area contributed by atoms with E-state index < -0.39 is 17.7 Å². The molecule has 0 spiro atoms. The smallest absolute Gasteiger partial charge is 0.261 e. The molecule has 0 bridgehead atoms. The monoisotopic (exact) mass is 480 g/mol. The number of rotatable bonds is 5. The van der Waals surface area contributed by atoms with Crippen LogP contribution >= 0.6 is 27.3 Å². The van der Waals surface area contributed by atoms with Gasteiger partial charge in [0.2, 0.25) is 0 Å². The first-order valence-corrected chi connectivity index (χ1v) is 10.9. The van der Waals surface area contributed by atoms with Crippen molar-refractivity contribution in [2.75, 3.05) is 6.54 Å². The molecule has 9 heteroatoms. The second-order valence-electron chi connectivity index (χ2n) is 6.94. The van der Waals surface area contributed by atoms with Gasteiger partial charge in [-0.1, -0.05) is 12.1 Å². The minimum absolute atomic E-state index is 0.116. The molecule has 4 rings (SSSR count). The fourth-order valence-corrected chi connectivity index (χ4v) is 5.15. The SMILES string of the molecule is NC[C@H](Cc1cccc(F)c1F)NC(=O)c1cc2c(s1)CCCn1ncc(Br)c1-2. The summed E-state index contributed by atoms with van der Waals surface area (Å²) in [6.07, 6.45) is 3.70. The fourth-order valence-electron chi connectivity index (χ4n) is 3.54. The number of aryl methyl sites for hydroxylation is 2. The van der Waals surface area contributed by atoms with Gasteiger partial charge in [0.05, 0.1) is 21.2 Å². The highest BCUT2D eigenvalue weighted by Crippen LogP contribution is 2.38. The van der Waals surface area contributed by atoms with E-state index in [-0.39, 0.29) is 24.4 Å². The lowest BCUT2D eigenvalue weighted by Gasteiger charge is -2.17. The maximum atomic E-state index is 14.0. The summed E-state index contributed by atoms with van der Waals surface area (Å²) in [4.78, 5) is 14.5. The summed E-state index contributed by atoms with van der Waals surface area (Å²) in [7, 11) is 0. The van der Waals surface area contributed by atoms with Gasteiger partial charge in [-0.05, 0) is 52.9 Å². The molecule has 0 unspecified atom stereocenters. The molecule has 29 heavy (non-hydrogen) atoms. The van der Waals surface area contributed by atoms with Crippen LogP contribution < -0.4 is 11.1 Å². The highest BCUT2D eigenvalue weighted by atomic mass is 79.9. The molecule has 5 nitrogen and oxygen atoms in total. The maximum absolute atomic E-state index is 14.0. The predicted molar refractivity (Wildman–Crippen MR) is 112 cm³/mol. The zero-order chi connectivity index (χ0) is 20.5. The van der Waals surface area contributed by atoms with Gasteiger partial charge >= 0.3 is 0 Å². The Bertz CT molecular complexity index is 1060. The van der Waals surface area contributed by atoms with E-state index >= 15 is 0 Å². The Kier molecular flexibility index (Phi) is 5.80. The number of hydrogen-bond donors (Lipinski definition) is 2. The van der Waals surface area contributed by atoms with Crippen molar-refractivity contribution < 1.29 is 13.6 Å². The summed E-state index contributed by atoms with van der Waals surface area (Å²) in [5.41, 5.74) is 7.95. The molecular formula is C20H19BrF2N4OS. The van der Waals surface area contributed by atoms with Crippen LogP contribution in [-0.4, -0.2) is 28.3 Å². The van der Waals surface area contributed by atoms with Crippen molar-refractivity contribution in [3.8, 4) is 11.3 Å². The van der Waals surface area contributed by atoms with E-state index in [9.17, 15) is 13.6 Å². The van der Waals surface area contributed by atoms with Crippen molar-refractivity contribution in [3.63, 3.8) is 0 Å². The number of amides is 1. The molecule has 1 atom stereocenters. The molecule has 3 N–H and O–H groups in total. The van der Waals surface area contributed by atoms with Crippen LogP contribution in [0.15, 0.2) is 34.9 Å². The first-order valence-electron chi connectivity index (χ1n) is 9.26. The molecule has 2 aromatic heterocycles. The van der Waals surface area contributed by atoms with E-state index in [0.29, 0.717) is 4.88 Å². The van der Waals surface area contributed by atoms with Crippen molar-refractivity contribution in [1.82, 2.24) is 15.1 Å². The van der Waals surface area contributed by atoms with Gasteiger partial charge in [-0.2, -0.15) is 5.10 Å².